The molecule has 19 heavy (non-hydrogen) atoms. The summed E-state index contributed by atoms with van der Waals surface area (Å²) in [6.07, 6.45) is 1.15. The summed E-state index contributed by atoms with van der Waals surface area (Å²) in [5.74, 6) is 0. The number of aromatic nitrogens is 1. The first-order valence-electron chi connectivity index (χ1n) is 7.00. The van der Waals surface area contributed by atoms with E-state index in [1.165, 1.54) is 0 Å². The van der Waals surface area contributed by atoms with Gasteiger partial charge in [0, 0.05) is 23.7 Å². The minimum absolute atomic E-state index is 0.523. The van der Waals surface area contributed by atoms with Crippen LogP contribution in [-0.2, 0) is 6.54 Å². The summed E-state index contributed by atoms with van der Waals surface area (Å²) in [6.45, 7) is 8.60. The molecule has 3 heteroatoms. The SMILES string of the molecule is CCCN(Cc1cc(N)c2ccccc2n1)C(C)C. The van der Waals surface area contributed by atoms with Gasteiger partial charge in [-0.05, 0) is 38.9 Å². The number of nitrogens with two attached hydrogens (primary N) is 1. The van der Waals surface area contributed by atoms with Crippen molar-refractivity contribution in [3.8, 4) is 0 Å². The van der Waals surface area contributed by atoms with Crippen LogP contribution in [0.5, 0.6) is 0 Å². The molecule has 0 aliphatic heterocycles. The Kier molecular flexibility index (Phi) is 4.38. The Balaban J connectivity index is 2.30. The van der Waals surface area contributed by atoms with Gasteiger partial charge in [-0.15, -0.1) is 0 Å². The minimum Gasteiger partial charge on any atom is -0.398 e. The summed E-state index contributed by atoms with van der Waals surface area (Å²) in [7, 11) is 0. The first kappa shape index (κ1) is 13.8. The van der Waals surface area contributed by atoms with Gasteiger partial charge in [0.15, 0.2) is 0 Å². The Bertz CT molecular complexity index is 549. The molecule has 0 radical (unpaired) electrons. The van der Waals surface area contributed by atoms with Crippen LogP contribution in [-0.4, -0.2) is 22.5 Å². The fourth-order valence-electron chi connectivity index (χ4n) is 2.36. The molecular formula is C16H23N3. The van der Waals surface area contributed by atoms with Crippen molar-refractivity contribution in [3.63, 3.8) is 0 Å². The number of benzene rings is 1. The van der Waals surface area contributed by atoms with Crippen molar-refractivity contribution in [3.05, 3.63) is 36.0 Å². The zero-order chi connectivity index (χ0) is 13.8. The predicted molar refractivity (Wildman–Crippen MR) is 82.0 cm³/mol. The van der Waals surface area contributed by atoms with E-state index in [1.54, 1.807) is 0 Å². The maximum atomic E-state index is 6.12. The van der Waals surface area contributed by atoms with E-state index in [0.717, 1.165) is 41.8 Å². The normalized spacial score (nSPS) is 11.6. The fraction of sp³-hybridized carbons (Fsp3) is 0.438. The zero-order valence-electron chi connectivity index (χ0n) is 12.1. The molecule has 1 heterocycles. The lowest BCUT2D eigenvalue weighted by atomic mass is 10.1. The molecule has 0 bridgehead atoms. The second kappa shape index (κ2) is 6.02. The second-order valence-corrected chi connectivity index (χ2v) is 5.28. The number of fused-ring (bicyclic) bond motifs is 1. The van der Waals surface area contributed by atoms with Gasteiger partial charge in [0.25, 0.3) is 0 Å². The lowest BCUT2D eigenvalue weighted by Crippen LogP contribution is -2.31. The zero-order valence-corrected chi connectivity index (χ0v) is 12.1. The molecule has 1 aromatic carbocycles. The molecular weight excluding hydrogens is 234 g/mol. The van der Waals surface area contributed by atoms with Crippen LogP contribution in [0.1, 0.15) is 32.9 Å². The van der Waals surface area contributed by atoms with Gasteiger partial charge >= 0.3 is 0 Å². The van der Waals surface area contributed by atoms with E-state index < -0.39 is 0 Å². The van der Waals surface area contributed by atoms with Crippen molar-refractivity contribution in [2.75, 3.05) is 12.3 Å². The largest absolute Gasteiger partial charge is 0.398 e. The van der Waals surface area contributed by atoms with E-state index >= 15 is 0 Å². The van der Waals surface area contributed by atoms with Crippen molar-refractivity contribution in [2.45, 2.75) is 39.8 Å². The van der Waals surface area contributed by atoms with Gasteiger partial charge in [-0.25, -0.2) is 0 Å². The molecule has 0 aliphatic carbocycles. The fourth-order valence-corrected chi connectivity index (χ4v) is 2.36. The van der Waals surface area contributed by atoms with Crippen LogP contribution in [0.4, 0.5) is 5.69 Å². The number of para-hydroxylation sites is 1. The Morgan fingerprint density at radius 2 is 2.00 bits per heavy atom. The highest BCUT2D eigenvalue weighted by atomic mass is 15.1. The Morgan fingerprint density at radius 3 is 2.68 bits per heavy atom. The molecule has 0 aliphatic rings. The third-order valence-corrected chi connectivity index (χ3v) is 3.41. The summed E-state index contributed by atoms with van der Waals surface area (Å²) in [5.41, 5.74) is 8.98. The number of hydrogen-bond donors (Lipinski definition) is 1. The van der Waals surface area contributed by atoms with Gasteiger partial charge in [-0.2, -0.15) is 0 Å². The number of rotatable bonds is 5. The summed E-state index contributed by atoms with van der Waals surface area (Å²) >= 11 is 0. The molecule has 2 aromatic rings. The summed E-state index contributed by atoms with van der Waals surface area (Å²) in [6, 6.07) is 10.6. The standard InChI is InChI=1S/C16H23N3/c1-4-9-19(12(2)3)11-13-10-15(17)14-7-5-6-8-16(14)18-13/h5-8,10,12H,4,9,11H2,1-3H3,(H2,17,18). The third-order valence-electron chi connectivity index (χ3n) is 3.41. The van der Waals surface area contributed by atoms with Gasteiger partial charge in [-0.3, -0.25) is 9.88 Å². The molecule has 0 unspecified atom stereocenters. The monoisotopic (exact) mass is 257 g/mol. The maximum absolute atomic E-state index is 6.12. The molecule has 0 fully saturated rings. The number of hydrogen-bond acceptors (Lipinski definition) is 3. The van der Waals surface area contributed by atoms with Crippen LogP contribution >= 0.6 is 0 Å². The maximum Gasteiger partial charge on any atom is 0.0726 e. The molecule has 2 N–H and O–H groups in total. The van der Waals surface area contributed by atoms with E-state index in [2.05, 4.69) is 25.7 Å². The highest BCUT2D eigenvalue weighted by Gasteiger charge is 2.11. The highest BCUT2D eigenvalue weighted by Crippen LogP contribution is 2.21. The van der Waals surface area contributed by atoms with Gasteiger partial charge in [0.2, 0.25) is 0 Å². The van der Waals surface area contributed by atoms with Crippen LogP contribution in [0, 0.1) is 0 Å². The van der Waals surface area contributed by atoms with E-state index in [1.807, 2.05) is 30.3 Å². The van der Waals surface area contributed by atoms with Gasteiger partial charge in [0.05, 0.1) is 11.2 Å². The Morgan fingerprint density at radius 1 is 1.26 bits per heavy atom. The van der Waals surface area contributed by atoms with E-state index in [0.29, 0.717) is 6.04 Å². The van der Waals surface area contributed by atoms with Gasteiger partial charge in [-0.1, -0.05) is 25.1 Å². The average molecular weight is 257 g/mol. The van der Waals surface area contributed by atoms with Crippen molar-refractivity contribution >= 4 is 16.6 Å². The summed E-state index contributed by atoms with van der Waals surface area (Å²) in [4.78, 5) is 7.15. The van der Waals surface area contributed by atoms with Crippen molar-refractivity contribution < 1.29 is 0 Å². The second-order valence-electron chi connectivity index (χ2n) is 5.28. The molecule has 2 rings (SSSR count). The predicted octanol–water partition coefficient (Wildman–Crippen LogP) is 3.44. The van der Waals surface area contributed by atoms with Crippen LogP contribution in [0.25, 0.3) is 10.9 Å². The molecule has 0 spiro atoms. The summed E-state index contributed by atoms with van der Waals surface area (Å²) < 4.78 is 0. The Hall–Kier alpha value is -1.61. The Labute approximate surface area is 115 Å². The first-order chi connectivity index (χ1) is 9.11. The van der Waals surface area contributed by atoms with E-state index in [9.17, 15) is 0 Å². The van der Waals surface area contributed by atoms with Crippen molar-refractivity contribution in [1.82, 2.24) is 9.88 Å². The summed E-state index contributed by atoms with van der Waals surface area (Å²) in [5, 5.41) is 1.04. The van der Waals surface area contributed by atoms with Crippen LogP contribution in [0.3, 0.4) is 0 Å². The molecule has 0 saturated carbocycles. The number of anilines is 1. The van der Waals surface area contributed by atoms with Crippen molar-refractivity contribution in [1.29, 1.82) is 0 Å². The number of pyridine rings is 1. The lowest BCUT2D eigenvalue weighted by molar-refractivity contribution is 0.211. The minimum atomic E-state index is 0.523. The molecule has 0 saturated heterocycles. The molecule has 3 nitrogen and oxygen atoms in total. The first-order valence-corrected chi connectivity index (χ1v) is 7.00. The van der Waals surface area contributed by atoms with Crippen LogP contribution in [0.2, 0.25) is 0 Å². The molecule has 102 valence electrons. The lowest BCUT2D eigenvalue weighted by Gasteiger charge is -2.25. The van der Waals surface area contributed by atoms with Crippen LogP contribution < -0.4 is 5.73 Å². The van der Waals surface area contributed by atoms with E-state index in [4.69, 9.17) is 10.7 Å². The van der Waals surface area contributed by atoms with Gasteiger partial charge < -0.3 is 5.73 Å². The molecule has 0 amide bonds. The van der Waals surface area contributed by atoms with Gasteiger partial charge in [0.1, 0.15) is 0 Å². The smallest absolute Gasteiger partial charge is 0.0726 e. The number of nitrogen functional groups attached to an aromatic ring is 1. The van der Waals surface area contributed by atoms with Crippen LogP contribution in [0.15, 0.2) is 30.3 Å². The molecule has 1 aromatic heterocycles. The quantitative estimate of drug-likeness (QED) is 0.892. The number of nitrogens with zero attached hydrogens (tertiary/aromatic N) is 2. The highest BCUT2D eigenvalue weighted by molar-refractivity contribution is 5.90. The third kappa shape index (κ3) is 3.24. The average Bonchev–Trinajstić information content (AvgIpc) is 2.38. The van der Waals surface area contributed by atoms with Crippen molar-refractivity contribution in [2.24, 2.45) is 0 Å². The molecule has 0 atom stereocenters. The topological polar surface area (TPSA) is 42.1 Å². The van der Waals surface area contributed by atoms with E-state index in [-0.39, 0.29) is 0 Å².